The first-order chi connectivity index (χ1) is 12.6. The minimum absolute atomic E-state index is 0. The lowest BCUT2D eigenvalue weighted by molar-refractivity contribution is 0.0702. The number of aromatic nitrogens is 1. The number of halogens is 1. The normalized spacial score (nSPS) is 10.6. The summed E-state index contributed by atoms with van der Waals surface area (Å²) < 4.78 is 0.963. The van der Waals surface area contributed by atoms with Crippen LogP contribution in [0.25, 0.3) is 22.0 Å². The molecule has 2 N–H and O–H groups in total. The van der Waals surface area contributed by atoms with E-state index in [-0.39, 0.29) is 17.0 Å². The van der Waals surface area contributed by atoms with Crippen molar-refractivity contribution in [1.82, 2.24) is 4.98 Å². The zero-order chi connectivity index (χ0) is 18.1. The summed E-state index contributed by atoms with van der Waals surface area (Å²) in [6, 6.07) is 16.1. The predicted molar refractivity (Wildman–Crippen MR) is 122 cm³/mol. The van der Waals surface area contributed by atoms with E-state index in [1.165, 1.54) is 33.4 Å². The van der Waals surface area contributed by atoms with Gasteiger partial charge in [-0.25, -0.2) is 9.78 Å². The van der Waals surface area contributed by atoms with Crippen molar-refractivity contribution in [3.05, 3.63) is 58.8 Å². The van der Waals surface area contributed by atoms with E-state index >= 15 is 0 Å². The van der Waals surface area contributed by atoms with Gasteiger partial charge in [0, 0.05) is 16.6 Å². The minimum Gasteiger partial charge on any atom is -0.477 e. The number of carboxylic acid groups (broad SMARTS) is 1. The second-order valence-corrected chi connectivity index (χ2v) is 8.53. The van der Waals surface area contributed by atoms with E-state index in [2.05, 4.69) is 34.6 Å². The van der Waals surface area contributed by atoms with Crippen LogP contribution in [0.2, 0.25) is 0 Å². The van der Waals surface area contributed by atoms with Gasteiger partial charge < -0.3 is 10.4 Å². The van der Waals surface area contributed by atoms with Gasteiger partial charge in [-0.15, -0.1) is 51.4 Å². The fourth-order valence-corrected chi connectivity index (χ4v) is 5.11. The fourth-order valence-electron chi connectivity index (χ4n) is 2.66. The van der Waals surface area contributed by atoms with Gasteiger partial charge in [0.2, 0.25) is 0 Å². The quantitative estimate of drug-likeness (QED) is 0.310. The number of thioether (sulfide) groups is 1. The highest BCUT2D eigenvalue weighted by Crippen LogP contribution is 2.39. The van der Waals surface area contributed by atoms with E-state index in [9.17, 15) is 9.90 Å². The number of carboxylic acids is 1. The Kier molecular flexibility index (Phi) is 6.21. The highest BCUT2D eigenvalue weighted by Gasteiger charge is 2.17. The zero-order valence-electron chi connectivity index (χ0n) is 14.1. The molecule has 0 radical (unpaired) electrons. The average molecular weight is 479 g/mol. The number of thiazole rings is 1. The van der Waals surface area contributed by atoms with Crippen molar-refractivity contribution in [3.63, 3.8) is 0 Å². The van der Waals surface area contributed by atoms with Gasteiger partial charge in [-0.1, -0.05) is 30.3 Å². The first-order valence-corrected chi connectivity index (χ1v) is 10.7. The third kappa shape index (κ3) is 4.19. The largest absolute Gasteiger partial charge is 0.477 e. The molecule has 2 aromatic heterocycles. The van der Waals surface area contributed by atoms with Crippen LogP contribution in [0.1, 0.15) is 9.67 Å². The number of benzene rings is 2. The lowest BCUT2D eigenvalue weighted by Crippen LogP contribution is -1.90. The summed E-state index contributed by atoms with van der Waals surface area (Å²) in [5, 5.41) is 17.7. The Balaban J connectivity index is 0.00000210. The third-order valence-corrected chi connectivity index (χ3v) is 6.89. The summed E-state index contributed by atoms with van der Waals surface area (Å²) in [6.07, 6.45) is 1.95. The van der Waals surface area contributed by atoms with Crippen LogP contribution < -0.4 is 5.32 Å². The molecule has 27 heavy (non-hydrogen) atoms. The van der Waals surface area contributed by atoms with Gasteiger partial charge >= 0.3 is 5.97 Å². The number of carbonyl (C=O) groups is 1. The Bertz CT molecular complexity index is 1110. The zero-order valence-corrected chi connectivity index (χ0v) is 18.3. The van der Waals surface area contributed by atoms with Crippen LogP contribution in [-0.4, -0.2) is 22.3 Å². The summed E-state index contributed by atoms with van der Waals surface area (Å²) in [4.78, 5) is 16.2. The van der Waals surface area contributed by atoms with Gasteiger partial charge in [0.25, 0.3) is 0 Å². The van der Waals surface area contributed by atoms with Crippen molar-refractivity contribution in [2.24, 2.45) is 0 Å². The standard InChI is InChI=1S/C19H14N2O2S3.BrH/c1-24-18-14(9-16(26-18)17(22)23)15-10-25-19(21-15)20-13-7-6-11-4-2-3-5-12(11)8-13;/h2-10H,1H3,(H,20,21)(H,22,23);1H. The maximum Gasteiger partial charge on any atom is 0.345 e. The van der Waals surface area contributed by atoms with Crippen molar-refractivity contribution in [2.75, 3.05) is 11.6 Å². The molecule has 0 atom stereocenters. The number of fused-ring (bicyclic) bond motifs is 1. The van der Waals surface area contributed by atoms with Crippen LogP contribution >= 0.6 is 51.4 Å². The summed E-state index contributed by atoms with van der Waals surface area (Å²) in [6.45, 7) is 0. The highest BCUT2D eigenvalue weighted by molar-refractivity contribution is 8.93. The maximum atomic E-state index is 11.2. The molecular formula is C19H15BrN2O2S3. The molecule has 0 amide bonds. The number of hydrogen-bond acceptors (Lipinski definition) is 6. The van der Waals surface area contributed by atoms with Crippen LogP contribution in [0.3, 0.4) is 0 Å². The summed E-state index contributed by atoms with van der Waals surface area (Å²) in [5.74, 6) is -0.902. The molecule has 0 aliphatic carbocycles. The molecule has 0 aliphatic rings. The fraction of sp³-hybridized carbons (Fsp3) is 0.0526. The number of nitrogens with one attached hydrogen (secondary N) is 1. The number of hydrogen-bond donors (Lipinski definition) is 2. The van der Waals surface area contributed by atoms with Gasteiger partial charge in [-0.3, -0.25) is 0 Å². The van der Waals surface area contributed by atoms with Crippen LogP contribution in [0.5, 0.6) is 0 Å². The van der Waals surface area contributed by atoms with Crippen LogP contribution in [-0.2, 0) is 0 Å². The van der Waals surface area contributed by atoms with Gasteiger partial charge in [-0.2, -0.15) is 0 Å². The molecule has 0 fully saturated rings. The second-order valence-electron chi connectivity index (χ2n) is 5.55. The summed E-state index contributed by atoms with van der Waals surface area (Å²) in [7, 11) is 0. The maximum absolute atomic E-state index is 11.2. The molecule has 0 aliphatic heterocycles. The van der Waals surface area contributed by atoms with Crippen LogP contribution in [0, 0.1) is 0 Å². The molecule has 2 heterocycles. The van der Waals surface area contributed by atoms with Gasteiger partial charge in [0.05, 0.1) is 9.90 Å². The monoisotopic (exact) mass is 478 g/mol. The van der Waals surface area contributed by atoms with Crippen molar-refractivity contribution < 1.29 is 9.90 Å². The van der Waals surface area contributed by atoms with Gasteiger partial charge in [-0.05, 0) is 35.2 Å². The predicted octanol–water partition coefficient (Wildman–Crippen LogP) is 6.77. The van der Waals surface area contributed by atoms with Gasteiger partial charge in [0.1, 0.15) is 4.88 Å². The Morgan fingerprint density at radius 2 is 1.93 bits per heavy atom. The van der Waals surface area contributed by atoms with Crippen molar-refractivity contribution in [3.8, 4) is 11.3 Å². The molecule has 0 spiro atoms. The molecule has 0 bridgehead atoms. The Morgan fingerprint density at radius 3 is 2.67 bits per heavy atom. The molecule has 2 aromatic carbocycles. The van der Waals surface area contributed by atoms with E-state index in [0.717, 1.165) is 26.3 Å². The Morgan fingerprint density at radius 1 is 1.15 bits per heavy atom. The smallest absolute Gasteiger partial charge is 0.345 e. The first kappa shape index (κ1) is 19.9. The van der Waals surface area contributed by atoms with Crippen LogP contribution in [0.15, 0.2) is 58.1 Å². The average Bonchev–Trinajstić information content (AvgIpc) is 3.28. The number of anilines is 2. The number of nitrogens with zero attached hydrogens (tertiary/aromatic N) is 1. The molecule has 0 saturated carbocycles. The molecular weight excluding hydrogens is 464 g/mol. The van der Waals surface area contributed by atoms with E-state index in [0.29, 0.717) is 4.88 Å². The van der Waals surface area contributed by atoms with Crippen LogP contribution in [0.4, 0.5) is 10.8 Å². The molecule has 8 heteroatoms. The Hall–Kier alpha value is -1.87. The topological polar surface area (TPSA) is 62.2 Å². The SMILES string of the molecule is Br.CSc1sc(C(=O)O)cc1-c1csc(Nc2ccc3ccccc3c2)n1. The summed E-state index contributed by atoms with van der Waals surface area (Å²) >= 11 is 4.33. The van der Waals surface area contributed by atoms with E-state index in [4.69, 9.17) is 0 Å². The molecule has 0 saturated heterocycles. The molecule has 0 unspecified atom stereocenters. The molecule has 4 aromatic rings. The summed E-state index contributed by atoms with van der Waals surface area (Å²) in [5.41, 5.74) is 2.65. The number of rotatable bonds is 5. The molecule has 4 nitrogen and oxygen atoms in total. The Labute approximate surface area is 179 Å². The lowest BCUT2D eigenvalue weighted by Gasteiger charge is -2.04. The lowest BCUT2D eigenvalue weighted by atomic mass is 10.1. The molecule has 138 valence electrons. The first-order valence-electron chi connectivity index (χ1n) is 7.77. The second kappa shape index (κ2) is 8.43. The van der Waals surface area contributed by atoms with E-state index in [1.54, 1.807) is 17.8 Å². The van der Waals surface area contributed by atoms with E-state index in [1.807, 2.05) is 29.8 Å². The minimum atomic E-state index is -0.902. The van der Waals surface area contributed by atoms with Crippen molar-refractivity contribution >= 4 is 79.0 Å². The number of aromatic carboxylic acids is 1. The van der Waals surface area contributed by atoms with E-state index < -0.39 is 5.97 Å². The number of thiophene rings is 1. The van der Waals surface area contributed by atoms with Gasteiger partial charge in [0.15, 0.2) is 5.13 Å². The molecule has 4 rings (SSSR count). The third-order valence-electron chi connectivity index (χ3n) is 3.88. The highest BCUT2D eigenvalue weighted by atomic mass is 79.9. The van der Waals surface area contributed by atoms with Crippen molar-refractivity contribution in [2.45, 2.75) is 4.21 Å². The van der Waals surface area contributed by atoms with Crippen molar-refractivity contribution in [1.29, 1.82) is 0 Å².